The van der Waals surface area contributed by atoms with Gasteiger partial charge in [-0.15, -0.1) is 0 Å². The summed E-state index contributed by atoms with van der Waals surface area (Å²) in [6, 6.07) is 13.0. The van der Waals surface area contributed by atoms with Gasteiger partial charge in [0.25, 0.3) is 0 Å². The normalized spacial score (nSPS) is 12.2. The lowest BCUT2D eigenvalue weighted by atomic mass is 10.1. The van der Waals surface area contributed by atoms with Gasteiger partial charge in [0.1, 0.15) is 5.75 Å². The molecule has 1 aromatic heterocycles. The van der Waals surface area contributed by atoms with Crippen LogP contribution < -0.4 is 4.74 Å². The van der Waals surface area contributed by atoms with Crippen LogP contribution in [0.3, 0.4) is 0 Å². The van der Waals surface area contributed by atoms with Crippen LogP contribution in [0.1, 0.15) is 5.69 Å². The summed E-state index contributed by atoms with van der Waals surface area (Å²) in [6.45, 7) is 0. The average molecular weight is 396 g/mol. The lowest BCUT2D eigenvalue weighted by Crippen LogP contribution is -2.07. The lowest BCUT2D eigenvalue weighted by Gasteiger charge is -2.11. The Balaban J connectivity index is 2.28. The van der Waals surface area contributed by atoms with Gasteiger partial charge in [-0.05, 0) is 36.4 Å². The van der Waals surface area contributed by atoms with Crippen LogP contribution in [0.2, 0.25) is 0 Å². The van der Waals surface area contributed by atoms with Crippen molar-refractivity contribution in [2.75, 3.05) is 13.4 Å². The van der Waals surface area contributed by atoms with E-state index in [9.17, 15) is 21.6 Å². The molecule has 3 aromatic rings. The van der Waals surface area contributed by atoms with Crippen LogP contribution in [0.5, 0.6) is 5.75 Å². The van der Waals surface area contributed by atoms with Gasteiger partial charge in [0.05, 0.1) is 23.4 Å². The van der Waals surface area contributed by atoms with Gasteiger partial charge >= 0.3 is 6.18 Å². The van der Waals surface area contributed by atoms with Crippen LogP contribution in [0.25, 0.3) is 16.9 Å². The molecule has 2 aromatic carbocycles. The molecule has 142 valence electrons. The predicted octanol–water partition coefficient (Wildman–Crippen LogP) is 3.97. The number of hydrogen-bond acceptors (Lipinski definition) is 4. The third-order valence-electron chi connectivity index (χ3n) is 3.88. The van der Waals surface area contributed by atoms with E-state index < -0.39 is 21.7 Å². The second kappa shape index (κ2) is 6.73. The number of benzene rings is 2. The second-order valence-electron chi connectivity index (χ2n) is 5.79. The van der Waals surface area contributed by atoms with Crippen molar-refractivity contribution in [2.45, 2.75) is 11.1 Å². The van der Waals surface area contributed by atoms with Gasteiger partial charge in [0.2, 0.25) is 0 Å². The van der Waals surface area contributed by atoms with E-state index in [1.54, 1.807) is 30.3 Å². The SMILES string of the molecule is COc1ccc(-n2nc(C(F)(F)F)cc2-c2ccccc2S(C)(=O)=O)cc1. The van der Waals surface area contributed by atoms with Crippen molar-refractivity contribution in [3.63, 3.8) is 0 Å². The van der Waals surface area contributed by atoms with E-state index in [1.807, 2.05) is 0 Å². The summed E-state index contributed by atoms with van der Waals surface area (Å²) in [6.07, 6.45) is -3.67. The molecule has 1 heterocycles. The van der Waals surface area contributed by atoms with Crippen molar-refractivity contribution < 1.29 is 26.3 Å². The standard InChI is InChI=1S/C18H15F3N2O3S/c1-26-13-9-7-12(8-10-13)23-15(11-17(22-23)18(19,20)21)14-5-3-4-6-16(14)27(2,24)25/h3-11H,1-2H3. The Morgan fingerprint density at radius 3 is 2.22 bits per heavy atom. The van der Waals surface area contributed by atoms with Gasteiger partial charge in [-0.3, -0.25) is 0 Å². The molecule has 0 fully saturated rings. The highest BCUT2D eigenvalue weighted by atomic mass is 32.2. The molecule has 0 atom stereocenters. The molecule has 0 aliphatic heterocycles. The van der Waals surface area contributed by atoms with E-state index in [1.165, 1.54) is 25.3 Å². The maximum absolute atomic E-state index is 13.3. The van der Waals surface area contributed by atoms with Gasteiger partial charge in [0, 0.05) is 11.8 Å². The first-order valence-electron chi connectivity index (χ1n) is 7.72. The van der Waals surface area contributed by atoms with Gasteiger partial charge in [-0.25, -0.2) is 13.1 Å². The van der Waals surface area contributed by atoms with Crippen molar-refractivity contribution in [2.24, 2.45) is 0 Å². The topological polar surface area (TPSA) is 61.2 Å². The summed E-state index contributed by atoms with van der Waals surface area (Å²) in [5.41, 5.74) is -0.617. The molecule has 27 heavy (non-hydrogen) atoms. The zero-order valence-electron chi connectivity index (χ0n) is 14.4. The van der Waals surface area contributed by atoms with E-state index in [-0.39, 0.29) is 16.2 Å². The molecule has 0 spiro atoms. The van der Waals surface area contributed by atoms with Crippen LogP contribution in [-0.4, -0.2) is 31.6 Å². The summed E-state index contributed by atoms with van der Waals surface area (Å²) < 4.78 is 70.1. The van der Waals surface area contributed by atoms with Crippen LogP contribution in [0.4, 0.5) is 13.2 Å². The molecule has 0 saturated heterocycles. The van der Waals surface area contributed by atoms with E-state index in [4.69, 9.17) is 4.74 Å². The Kier molecular flexibility index (Phi) is 4.73. The van der Waals surface area contributed by atoms with Crippen molar-refractivity contribution >= 4 is 9.84 Å². The highest BCUT2D eigenvalue weighted by Gasteiger charge is 2.35. The number of aromatic nitrogens is 2. The van der Waals surface area contributed by atoms with Crippen LogP contribution >= 0.6 is 0 Å². The molecular formula is C18H15F3N2O3S. The van der Waals surface area contributed by atoms with E-state index in [2.05, 4.69) is 5.10 Å². The highest BCUT2D eigenvalue weighted by molar-refractivity contribution is 7.90. The van der Waals surface area contributed by atoms with Crippen molar-refractivity contribution in [1.82, 2.24) is 9.78 Å². The zero-order chi connectivity index (χ0) is 19.8. The number of halogens is 3. The minimum absolute atomic E-state index is 0.0218. The van der Waals surface area contributed by atoms with E-state index in [0.717, 1.165) is 17.0 Å². The monoisotopic (exact) mass is 396 g/mol. The molecule has 0 saturated carbocycles. The maximum Gasteiger partial charge on any atom is 0.435 e. The Bertz CT molecular complexity index is 1070. The molecule has 0 unspecified atom stereocenters. The molecular weight excluding hydrogens is 381 g/mol. The van der Waals surface area contributed by atoms with Gasteiger partial charge in [0.15, 0.2) is 15.5 Å². The number of ether oxygens (including phenoxy) is 1. The van der Waals surface area contributed by atoms with Gasteiger partial charge < -0.3 is 4.74 Å². The maximum atomic E-state index is 13.3. The average Bonchev–Trinajstić information content (AvgIpc) is 3.07. The number of sulfone groups is 1. The smallest absolute Gasteiger partial charge is 0.435 e. The quantitative estimate of drug-likeness (QED) is 0.670. The number of hydrogen-bond donors (Lipinski definition) is 0. The lowest BCUT2D eigenvalue weighted by molar-refractivity contribution is -0.141. The minimum atomic E-state index is -4.67. The second-order valence-corrected chi connectivity index (χ2v) is 7.77. The van der Waals surface area contributed by atoms with E-state index >= 15 is 0 Å². The largest absolute Gasteiger partial charge is 0.497 e. The third-order valence-corrected chi connectivity index (χ3v) is 5.03. The zero-order valence-corrected chi connectivity index (χ0v) is 15.2. The summed E-state index contributed by atoms with van der Waals surface area (Å²) >= 11 is 0. The van der Waals surface area contributed by atoms with Gasteiger partial charge in [-0.1, -0.05) is 18.2 Å². The fourth-order valence-electron chi connectivity index (χ4n) is 2.63. The predicted molar refractivity (Wildman–Crippen MR) is 93.7 cm³/mol. The molecule has 0 aliphatic carbocycles. The number of methoxy groups -OCH3 is 1. The highest BCUT2D eigenvalue weighted by Crippen LogP contribution is 2.35. The summed E-state index contributed by atoms with van der Waals surface area (Å²) in [5, 5.41) is 3.66. The van der Waals surface area contributed by atoms with Crippen LogP contribution in [0, 0.1) is 0 Å². The fourth-order valence-corrected chi connectivity index (χ4v) is 3.53. The molecule has 9 heteroatoms. The van der Waals surface area contributed by atoms with Crippen LogP contribution in [-0.2, 0) is 16.0 Å². The molecule has 0 radical (unpaired) electrons. The molecule has 0 aliphatic rings. The molecule has 0 bridgehead atoms. The van der Waals surface area contributed by atoms with Gasteiger partial charge in [-0.2, -0.15) is 18.3 Å². The first-order valence-corrected chi connectivity index (χ1v) is 9.61. The Morgan fingerprint density at radius 1 is 1.04 bits per heavy atom. The Labute approximate surface area is 153 Å². The summed E-state index contributed by atoms with van der Waals surface area (Å²) in [4.78, 5) is -0.0756. The molecule has 5 nitrogen and oxygen atoms in total. The van der Waals surface area contributed by atoms with E-state index in [0.29, 0.717) is 11.4 Å². The number of nitrogens with zero attached hydrogens (tertiary/aromatic N) is 2. The first-order chi connectivity index (χ1) is 12.6. The summed E-state index contributed by atoms with van der Waals surface area (Å²) in [5.74, 6) is 0.528. The number of alkyl halides is 3. The fraction of sp³-hybridized carbons (Fsp3) is 0.167. The molecule has 0 N–H and O–H groups in total. The van der Waals surface area contributed by atoms with Crippen molar-refractivity contribution in [1.29, 1.82) is 0 Å². The Hall–Kier alpha value is -2.81. The summed E-state index contributed by atoms with van der Waals surface area (Å²) in [7, 11) is -2.19. The molecule has 3 rings (SSSR count). The van der Waals surface area contributed by atoms with Crippen molar-refractivity contribution in [3.8, 4) is 22.7 Å². The first kappa shape index (κ1) is 19.0. The third kappa shape index (κ3) is 3.82. The van der Waals surface area contributed by atoms with Crippen LogP contribution in [0.15, 0.2) is 59.5 Å². The molecule has 0 amide bonds. The van der Waals surface area contributed by atoms with Crippen molar-refractivity contribution in [3.05, 3.63) is 60.3 Å². The number of rotatable bonds is 4. The minimum Gasteiger partial charge on any atom is -0.497 e. The Morgan fingerprint density at radius 2 is 1.67 bits per heavy atom.